The van der Waals surface area contributed by atoms with Crippen LogP contribution in [0.5, 0.6) is 0 Å². The summed E-state index contributed by atoms with van der Waals surface area (Å²) in [6.45, 7) is 3.69. The Balaban J connectivity index is 1.61. The Morgan fingerprint density at radius 2 is 2.20 bits per heavy atom. The van der Waals surface area contributed by atoms with Gasteiger partial charge in [0.15, 0.2) is 0 Å². The van der Waals surface area contributed by atoms with Crippen molar-refractivity contribution in [2.75, 3.05) is 18.4 Å². The molecule has 1 unspecified atom stereocenters. The normalized spacial score (nSPS) is 17.5. The third-order valence-corrected chi connectivity index (χ3v) is 4.17. The molecule has 3 N–H and O–H groups in total. The van der Waals surface area contributed by atoms with Gasteiger partial charge < -0.3 is 16.0 Å². The second-order valence-electron chi connectivity index (χ2n) is 6.06. The fourth-order valence-electron chi connectivity index (χ4n) is 2.72. The average molecular weight is 336 g/mol. The van der Waals surface area contributed by atoms with Crippen molar-refractivity contribution in [2.24, 2.45) is 0 Å². The number of carbonyl (C=O) groups is 1. The fraction of sp³-hybridized carbons (Fsp3) is 0.333. The number of nitriles is 1. The van der Waals surface area contributed by atoms with Crippen LogP contribution in [-0.2, 0) is 0 Å². The number of nitrogens with one attached hydrogen (secondary N) is 3. The van der Waals surface area contributed by atoms with Gasteiger partial charge in [-0.3, -0.25) is 4.79 Å². The lowest BCUT2D eigenvalue weighted by Gasteiger charge is -2.15. The summed E-state index contributed by atoms with van der Waals surface area (Å²) in [6.07, 6.45) is 3.97. The van der Waals surface area contributed by atoms with Gasteiger partial charge in [-0.05, 0) is 37.6 Å². The summed E-state index contributed by atoms with van der Waals surface area (Å²) in [4.78, 5) is 20.6. The van der Waals surface area contributed by atoms with E-state index in [4.69, 9.17) is 5.26 Å². The molecule has 0 bridgehead atoms. The standard InChI is InChI=1S/C18H20N6O/c1-12(14-4-2-3-13(7-14)8-19)23-18-21-9-15(10-22-18)17(25)24-16-5-6-20-11-16/h2-4,7,9-10,12,16,20H,5-6,11H2,1H3,(H,24,25)(H,21,22,23)/t12-,16?/m0/s1. The molecule has 2 atom stereocenters. The molecule has 1 aromatic carbocycles. The molecule has 25 heavy (non-hydrogen) atoms. The molecule has 3 rings (SSSR count). The monoisotopic (exact) mass is 336 g/mol. The predicted molar refractivity (Wildman–Crippen MR) is 94.0 cm³/mol. The minimum Gasteiger partial charge on any atom is -0.348 e. The lowest BCUT2D eigenvalue weighted by atomic mass is 10.1. The molecule has 0 saturated carbocycles. The first-order valence-corrected chi connectivity index (χ1v) is 8.26. The Hall–Kier alpha value is -2.98. The number of rotatable bonds is 5. The molecule has 1 amide bonds. The second kappa shape index (κ2) is 7.73. The summed E-state index contributed by atoms with van der Waals surface area (Å²) in [5.41, 5.74) is 2.02. The van der Waals surface area contributed by atoms with Crippen LogP contribution in [0.25, 0.3) is 0 Å². The summed E-state index contributed by atoms with van der Waals surface area (Å²) >= 11 is 0. The van der Waals surface area contributed by atoms with E-state index in [1.165, 1.54) is 12.4 Å². The number of anilines is 1. The molecule has 2 aromatic rings. The number of aromatic nitrogens is 2. The smallest absolute Gasteiger partial charge is 0.254 e. The topological polar surface area (TPSA) is 103 Å². The summed E-state index contributed by atoms with van der Waals surface area (Å²) in [5.74, 6) is 0.281. The van der Waals surface area contributed by atoms with Crippen molar-refractivity contribution in [1.82, 2.24) is 20.6 Å². The van der Waals surface area contributed by atoms with Crippen LogP contribution >= 0.6 is 0 Å². The zero-order valence-electron chi connectivity index (χ0n) is 14.0. The van der Waals surface area contributed by atoms with E-state index >= 15 is 0 Å². The van der Waals surface area contributed by atoms with E-state index in [0.717, 1.165) is 25.1 Å². The summed E-state index contributed by atoms with van der Waals surface area (Å²) in [7, 11) is 0. The highest BCUT2D eigenvalue weighted by Crippen LogP contribution is 2.17. The van der Waals surface area contributed by atoms with Crippen LogP contribution in [0.15, 0.2) is 36.7 Å². The first kappa shape index (κ1) is 16.9. The van der Waals surface area contributed by atoms with Gasteiger partial charge >= 0.3 is 0 Å². The zero-order chi connectivity index (χ0) is 17.6. The van der Waals surface area contributed by atoms with Gasteiger partial charge in [0, 0.05) is 25.0 Å². The predicted octanol–water partition coefficient (Wildman–Crippen LogP) is 1.61. The van der Waals surface area contributed by atoms with E-state index in [1.807, 2.05) is 25.1 Å². The maximum absolute atomic E-state index is 12.2. The third-order valence-electron chi connectivity index (χ3n) is 4.17. The van der Waals surface area contributed by atoms with Crippen molar-refractivity contribution >= 4 is 11.9 Å². The van der Waals surface area contributed by atoms with Crippen molar-refractivity contribution in [1.29, 1.82) is 5.26 Å². The lowest BCUT2D eigenvalue weighted by molar-refractivity contribution is 0.0939. The first-order valence-electron chi connectivity index (χ1n) is 8.26. The molecule has 1 fully saturated rings. The quantitative estimate of drug-likeness (QED) is 0.766. The number of carbonyl (C=O) groups excluding carboxylic acids is 1. The van der Waals surface area contributed by atoms with Gasteiger partial charge in [0.25, 0.3) is 5.91 Å². The Bertz CT molecular complexity index is 777. The molecular weight excluding hydrogens is 316 g/mol. The third kappa shape index (κ3) is 4.31. The summed E-state index contributed by atoms with van der Waals surface area (Å²) in [6, 6.07) is 9.61. The number of amides is 1. The highest BCUT2D eigenvalue weighted by molar-refractivity contribution is 5.93. The molecule has 1 aliphatic rings. The fourth-order valence-corrected chi connectivity index (χ4v) is 2.72. The van der Waals surface area contributed by atoms with E-state index in [9.17, 15) is 4.79 Å². The molecular formula is C18H20N6O. The molecule has 7 nitrogen and oxygen atoms in total. The van der Waals surface area contributed by atoms with Crippen molar-refractivity contribution < 1.29 is 4.79 Å². The maximum Gasteiger partial charge on any atom is 0.254 e. The largest absolute Gasteiger partial charge is 0.348 e. The van der Waals surface area contributed by atoms with Crippen LogP contribution in [0.4, 0.5) is 5.95 Å². The van der Waals surface area contributed by atoms with Crippen LogP contribution < -0.4 is 16.0 Å². The summed E-state index contributed by atoms with van der Waals surface area (Å²) in [5, 5.41) is 18.3. The van der Waals surface area contributed by atoms with Crippen LogP contribution in [-0.4, -0.2) is 35.0 Å². The molecule has 1 aromatic heterocycles. The number of nitrogens with zero attached hydrogens (tertiary/aromatic N) is 3. The first-order chi connectivity index (χ1) is 12.2. The van der Waals surface area contributed by atoms with Crippen molar-refractivity contribution in [3.63, 3.8) is 0 Å². The summed E-state index contributed by atoms with van der Waals surface area (Å²) < 4.78 is 0. The Kier molecular flexibility index (Phi) is 5.21. The Labute approximate surface area is 146 Å². The number of hydrogen-bond donors (Lipinski definition) is 3. The van der Waals surface area contributed by atoms with E-state index in [1.54, 1.807) is 6.07 Å². The van der Waals surface area contributed by atoms with Crippen molar-refractivity contribution in [2.45, 2.75) is 25.4 Å². The Morgan fingerprint density at radius 1 is 1.40 bits per heavy atom. The Morgan fingerprint density at radius 3 is 2.88 bits per heavy atom. The molecule has 2 heterocycles. The SMILES string of the molecule is C[C@H](Nc1ncc(C(=O)NC2CCNC2)cn1)c1cccc(C#N)c1. The van der Waals surface area contributed by atoms with Gasteiger partial charge in [-0.15, -0.1) is 0 Å². The van der Waals surface area contributed by atoms with Gasteiger partial charge in [-0.2, -0.15) is 5.26 Å². The molecule has 0 spiro atoms. The van der Waals surface area contributed by atoms with Crippen molar-refractivity contribution in [3.05, 3.63) is 53.3 Å². The van der Waals surface area contributed by atoms with E-state index < -0.39 is 0 Å². The van der Waals surface area contributed by atoms with Gasteiger partial charge in [0.2, 0.25) is 5.95 Å². The number of benzene rings is 1. The molecule has 1 aliphatic heterocycles. The van der Waals surface area contributed by atoms with Crippen LogP contribution in [0.3, 0.4) is 0 Å². The van der Waals surface area contributed by atoms with Crippen LogP contribution in [0, 0.1) is 11.3 Å². The molecule has 128 valence electrons. The minimum absolute atomic E-state index is 0.0578. The van der Waals surface area contributed by atoms with Crippen LogP contribution in [0.2, 0.25) is 0 Å². The van der Waals surface area contributed by atoms with E-state index in [2.05, 4.69) is 32.0 Å². The van der Waals surface area contributed by atoms with Crippen molar-refractivity contribution in [3.8, 4) is 6.07 Å². The highest BCUT2D eigenvalue weighted by Gasteiger charge is 2.18. The average Bonchev–Trinajstić information content (AvgIpc) is 3.15. The molecule has 0 radical (unpaired) electrons. The van der Waals surface area contributed by atoms with E-state index in [0.29, 0.717) is 17.1 Å². The van der Waals surface area contributed by atoms with Gasteiger partial charge in [0.1, 0.15) is 0 Å². The maximum atomic E-state index is 12.2. The minimum atomic E-state index is -0.157. The van der Waals surface area contributed by atoms with Gasteiger partial charge in [-0.1, -0.05) is 12.1 Å². The molecule has 1 saturated heterocycles. The second-order valence-corrected chi connectivity index (χ2v) is 6.06. The highest BCUT2D eigenvalue weighted by atomic mass is 16.1. The van der Waals surface area contributed by atoms with Crippen LogP contribution in [0.1, 0.15) is 40.9 Å². The zero-order valence-corrected chi connectivity index (χ0v) is 14.0. The molecule has 7 heteroatoms. The van der Waals surface area contributed by atoms with Gasteiger partial charge in [0.05, 0.1) is 23.2 Å². The van der Waals surface area contributed by atoms with Gasteiger partial charge in [-0.25, -0.2) is 9.97 Å². The number of hydrogen-bond acceptors (Lipinski definition) is 6. The molecule has 0 aliphatic carbocycles. The lowest BCUT2D eigenvalue weighted by Crippen LogP contribution is -2.36. The van der Waals surface area contributed by atoms with E-state index in [-0.39, 0.29) is 18.0 Å².